The predicted octanol–water partition coefficient (Wildman–Crippen LogP) is 2.78. The molecule has 0 bridgehead atoms. The monoisotopic (exact) mass is 283 g/mol. The molecule has 1 aliphatic heterocycles. The number of anilines is 1. The summed E-state index contributed by atoms with van der Waals surface area (Å²) in [7, 11) is 2.11. The lowest BCUT2D eigenvalue weighted by molar-refractivity contribution is -0.384. The number of hydrogen-bond acceptors (Lipinski definition) is 4. The zero-order valence-electron chi connectivity index (χ0n) is 11.3. The Morgan fingerprint density at radius 1 is 1.32 bits per heavy atom. The quantitative estimate of drug-likeness (QED) is 0.619. The topological polar surface area (TPSA) is 49.6 Å². The number of rotatable bonds is 2. The van der Waals surface area contributed by atoms with Gasteiger partial charge in [0.1, 0.15) is 0 Å². The average Bonchev–Trinajstić information content (AvgIpc) is 2.34. The van der Waals surface area contributed by atoms with Gasteiger partial charge in [0.2, 0.25) is 0 Å². The second kappa shape index (κ2) is 5.35. The van der Waals surface area contributed by atoms with Gasteiger partial charge in [-0.1, -0.05) is 11.6 Å². The molecule has 1 fully saturated rings. The van der Waals surface area contributed by atoms with E-state index in [1.165, 1.54) is 12.1 Å². The largest absolute Gasteiger partial charge is 0.365 e. The summed E-state index contributed by atoms with van der Waals surface area (Å²) in [6.45, 7) is 6.13. The van der Waals surface area contributed by atoms with E-state index >= 15 is 0 Å². The van der Waals surface area contributed by atoms with Gasteiger partial charge in [-0.25, -0.2) is 0 Å². The zero-order chi connectivity index (χ0) is 14.2. The number of nitro benzene ring substituents is 1. The van der Waals surface area contributed by atoms with Crippen molar-refractivity contribution in [3.8, 4) is 0 Å². The molecule has 1 aromatic carbocycles. The van der Waals surface area contributed by atoms with Crippen molar-refractivity contribution in [3.05, 3.63) is 33.3 Å². The lowest BCUT2D eigenvalue weighted by atomic mass is 10.1. The van der Waals surface area contributed by atoms with Gasteiger partial charge in [0, 0.05) is 37.3 Å². The van der Waals surface area contributed by atoms with Gasteiger partial charge in [0.15, 0.2) is 0 Å². The highest BCUT2D eigenvalue weighted by Crippen LogP contribution is 2.32. The maximum atomic E-state index is 10.7. The smallest absolute Gasteiger partial charge is 0.271 e. The number of benzene rings is 1. The molecule has 0 N–H and O–H groups in total. The summed E-state index contributed by atoms with van der Waals surface area (Å²) in [5.41, 5.74) is 0.906. The lowest BCUT2D eigenvalue weighted by Gasteiger charge is -2.44. The molecule has 0 saturated carbocycles. The van der Waals surface area contributed by atoms with Crippen LogP contribution < -0.4 is 4.90 Å². The van der Waals surface area contributed by atoms with Crippen LogP contribution in [0.15, 0.2) is 18.2 Å². The van der Waals surface area contributed by atoms with Gasteiger partial charge in [0.05, 0.1) is 15.6 Å². The van der Waals surface area contributed by atoms with E-state index in [1.54, 1.807) is 6.07 Å². The van der Waals surface area contributed by atoms with Crippen LogP contribution in [0.25, 0.3) is 0 Å². The second-order valence-corrected chi connectivity index (χ2v) is 5.59. The van der Waals surface area contributed by atoms with E-state index in [4.69, 9.17) is 11.6 Å². The fourth-order valence-corrected chi connectivity index (χ4v) is 2.76. The summed E-state index contributed by atoms with van der Waals surface area (Å²) in [5.74, 6) is 0. The van der Waals surface area contributed by atoms with Crippen molar-refractivity contribution >= 4 is 23.0 Å². The molecule has 0 radical (unpaired) electrons. The van der Waals surface area contributed by atoms with Crippen molar-refractivity contribution in [2.45, 2.75) is 25.9 Å². The van der Waals surface area contributed by atoms with Crippen molar-refractivity contribution in [1.29, 1.82) is 0 Å². The number of non-ortho nitro benzene ring substituents is 1. The van der Waals surface area contributed by atoms with Gasteiger partial charge in [-0.15, -0.1) is 0 Å². The summed E-state index contributed by atoms with van der Waals surface area (Å²) in [5, 5.41) is 11.2. The maximum Gasteiger partial charge on any atom is 0.271 e. The molecule has 0 unspecified atom stereocenters. The highest BCUT2D eigenvalue weighted by Gasteiger charge is 2.28. The molecular formula is C13H18ClN3O2. The third-order valence-corrected chi connectivity index (χ3v) is 4.05. The van der Waals surface area contributed by atoms with Gasteiger partial charge in [-0.05, 0) is 27.0 Å². The molecule has 0 amide bonds. The minimum atomic E-state index is -0.425. The molecule has 0 spiro atoms. The first-order valence-electron chi connectivity index (χ1n) is 6.31. The molecule has 1 aliphatic rings. The second-order valence-electron chi connectivity index (χ2n) is 5.18. The third kappa shape index (κ3) is 2.82. The van der Waals surface area contributed by atoms with E-state index < -0.39 is 4.92 Å². The Balaban J connectivity index is 2.29. The fraction of sp³-hybridized carbons (Fsp3) is 0.538. The Kier molecular flexibility index (Phi) is 3.96. The SMILES string of the molecule is C[C@H]1CN(c2ccc([N+](=O)[O-])cc2Cl)[C@@H](C)CN1C. The first kappa shape index (κ1) is 14.1. The van der Waals surface area contributed by atoms with Gasteiger partial charge in [-0.2, -0.15) is 0 Å². The molecule has 19 heavy (non-hydrogen) atoms. The first-order chi connectivity index (χ1) is 8.90. The average molecular weight is 284 g/mol. The normalized spacial score (nSPS) is 24.5. The van der Waals surface area contributed by atoms with E-state index in [2.05, 4.69) is 30.7 Å². The van der Waals surface area contributed by atoms with Gasteiger partial charge in [-0.3, -0.25) is 15.0 Å². The molecule has 6 heteroatoms. The molecule has 2 atom stereocenters. The van der Waals surface area contributed by atoms with Crippen molar-refractivity contribution in [3.63, 3.8) is 0 Å². The molecule has 2 rings (SSSR count). The van der Waals surface area contributed by atoms with Crippen LogP contribution in [0.1, 0.15) is 13.8 Å². The molecule has 104 valence electrons. The highest BCUT2D eigenvalue weighted by atomic mass is 35.5. The first-order valence-corrected chi connectivity index (χ1v) is 6.68. The van der Waals surface area contributed by atoms with Crippen LogP contribution in [-0.2, 0) is 0 Å². The van der Waals surface area contributed by atoms with Crippen LogP contribution in [0.5, 0.6) is 0 Å². The Morgan fingerprint density at radius 3 is 2.58 bits per heavy atom. The van der Waals surface area contributed by atoms with Crippen LogP contribution in [0.3, 0.4) is 0 Å². The standard InChI is InChI=1S/C13H18ClN3O2/c1-9-8-16(10(2)7-15(9)3)13-5-4-11(17(18)19)6-12(13)14/h4-6,9-10H,7-8H2,1-3H3/t9-,10-/m0/s1. The minimum Gasteiger partial charge on any atom is -0.365 e. The van der Waals surface area contributed by atoms with Crippen molar-refractivity contribution in [2.75, 3.05) is 25.0 Å². The molecule has 0 aromatic heterocycles. The van der Waals surface area contributed by atoms with Crippen LogP contribution in [-0.4, -0.2) is 42.0 Å². The summed E-state index contributed by atoms with van der Waals surface area (Å²) in [4.78, 5) is 14.8. The van der Waals surface area contributed by atoms with Crippen LogP contribution >= 0.6 is 11.6 Å². The van der Waals surface area contributed by atoms with E-state index in [0.29, 0.717) is 17.1 Å². The van der Waals surface area contributed by atoms with Crippen LogP contribution in [0.4, 0.5) is 11.4 Å². The number of hydrogen-bond donors (Lipinski definition) is 0. The van der Waals surface area contributed by atoms with Crippen LogP contribution in [0.2, 0.25) is 5.02 Å². The summed E-state index contributed by atoms with van der Waals surface area (Å²) in [6, 6.07) is 5.45. The number of nitrogens with zero attached hydrogens (tertiary/aromatic N) is 3. The minimum absolute atomic E-state index is 0.0311. The van der Waals surface area contributed by atoms with E-state index in [9.17, 15) is 10.1 Å². The van der Waals surface area contributed by atoms with Gasteiger partial charge in [0.25, 0.3) is 5.69 Å². The number of nitro groups is 1. The van der Waals surface area contributed by atoms with E-state index in [-0.39, 0.29) is 5.69 Å². The molecular weight excluding hydrogens is 266 g/mol. The highest BCUT2D eigenvalue weighted by molar-refractivity contribution is 6.33. The fourth-order valence-electron chi connectivity index (χ4n) is 2.48. The number of likely N-dealkylation sites (N-methyl/N-ethyl adjacent to an activating group) is 1. The molecule has 1 saturated heterocycles. The summed E-state index contributed by atoms with van der Waals surface area (Å²) >= 11 is 6.20. The Labute approximate surface area is 117 Å². The zero-order valence-corrected chi connectivity index (χ0v) is 12.1. The molecule has 1 aromatic rings. The van der Waals surface area contributed by atoms with E-state index in [1.807, 2.05) is 0 Å². The van der Waals surface area contributed by atoms with E-state index in [0.717, 1.165) is 18.8 Å². The third-order valence-electron chi connectivity index (χ3n) is 3.75. The molecule has 1 heterocycles. The summed E-state index contributed by atoms with van der Waals surface area (Å²) in [6.07, 6.45) is 0. The van der Waals surface area contributed by atoms with Crippen molar-refractivity contribution < 1.29 is 4.92 Å². The van der Waals surface area contributed by atoms with Gasteiger partial charge < -0.3 is 4.90 Å². The number of piperazine rings is 1. The van der Waals surface area contributed by atoms with Crippen molar-refractivity contribution in [1.82, 2.24) is 4.90 Å². The Hall–Kier alpha value is -1.33. The number of halogens is 1. The maximum absolute atomic E-state index is 10.7. The van der Waals surface area contributed by atoms with Crippen molar-refractivity contribution in [2.24, 2.45) is 0 Å². The van der Waals surface area contributed by atoms with Gasteiger partial charge >= 0.3 is 0 Å². The Bertz CT molecular complexity index is 495. The predicted molar refractivity (Wildman–Crippen MR) is 77.0 cm³/mol. The Morgan fingerprint density at radius 2 is 2.00 bits per heavy atom. The molecule has 5 nitrogen and oxygen atoms in total. The lowest BCUT2D eigenvalue weighted by Crippen LogP contribution is -2.55. The summed E-state index contributed by atoms with van der Waals surface area (Å²) < 4.78 is 0. The van der Waals surface area contributed by atoms with Crippen LogP contribution in [0, 0.1) is 10.1 Å². The molecule has 0 aliphatic carbocycles.